The molecule has 3 N–H and O–H groups in total. The Balaban J connectivity index is 1.78. The number of anilines is 2. The molecule has 80 valence electrons. The zero-order valence-electron chi connectivity index (χ0n) is 8.45. The highest BCUT2D eigenvalue weighted by molar-refractivity contribution is 5.32. The molecule has 2 aromatic heterocycles. The first-order valence-electron chi connectivity index (χ1n) is 4.75. The number of H-pyrrole nitrogens is 1. The molecule has 0 aliphatic rings. The molecule has 2 aromatic rings. The molecule has 0 aromatic carbocycles. The van der Waals surface area contributed by atoms with Gasteiger partial charge in [-0.05, 0) is 12.1 Å². The first-order chi connectivity index (χ1) is 7.38. The van der Waals surface area contributed by atoms with Gasteiger partial charge < -0.3 is 15.1 Å². The predicted molar refractivity (Wildman–Crippen MR) is 56.8 cm³/mol. The van der Waals surface area contributed by atoms with Crippen LogP contribution in [-0.2, 0) is 6.42 Å². The second-order valence-corrected chi connectivity index (χ2v) is 3.01. The minimum Gasteiger partial charge on any atom is -0.469 e. The van der Waals surface area contributed by atoms with Crippen LogP contribution in [0.1, 0.15) is 5.76 Å². The van der Waals surface area contributed by atoms with Crippen molar-refractivity contribution in [2.75, 3.05) is 24.2 Å². The second kappa shape index (κ2) is 4.50. The van der Waals surface area contributed by atoms with Crippen LogP contribution in [0.5, 0.6) is 0 Å². The van der Waals surface area contributed by atoms with Crippen LogP contribution in [0.3, 0.4) is 0 Å². The average Bonchev–Trinajstić information content (AvgIpc) is 2.88. The van der Waals surface area contributed by atoms with Crippen molar-refractivity contribution in [3.8, 4) is 0 Å². The Kier molecular flexibility index (Phi) is 2.87. The molecule has 6 heteroatoms. The predicted octanol–water partition coefficient (Wildman–Crippen LogP) is 1.09. The minimum absolute atomic E-state index is 0.579. The van der Waals surface area contributed by atoms with Crippen LogP contribution >= 0.6 is 0 Å². The van der Waals surface area contributed by atoms with E-state index in [4.69, 9.17) is 4.42 Å². The maximum absolute atomic E-state index is 5.20. The molecule has 0 bridgehead atoms. The summed E-state index contributed by atoms with van der Waals surface area (Å²) in [5.74, 6) is 2.19. The monoisotopic (exact) mass is 207 g/mol. The molecule has 0 aliphatic heterocycles. The van der Waals surface area contributed by atoms with Gasteiger partial charge in [-0.15, -0.1) is 5.10 Å². The maximum Gasteiger partial charge on any atom is 0.243 e. The zero-order valence-corrected chi connectivity index (χ0v) is 8.45. The standard InChI is InChI=1S/C9H13N5O/c1-10-8-12-9(14-13-8)11-5-4-7-3-2-6-15-7/h2-3,6H,4-5H2,1H3,(H3,10,11,12,13,14). The molecule has 0 amide bonds. The van der Waals surface area contributed by atoms with E-state index >= 15 is 0 Å². The highest BCUT2D eigenvalue weighted by Crippen LogP contribution is 2.04. The highest BCUT2D eigenvalue weighted by Gasteiger charge is 2.00. The molecule has 0 saturated heterocycles. The van der Waals surface area contributed by atoms with E-state index in [0.717, 1.165) is 18.7 Å². The summed E-state index contributed by atoms with van der Waals surface area (Å²) in [5, 5.41) is 12.6. The fraction of sp³-hybridized carbons (Fsp3) is 0.333. The van der Waals surface area contributed by atoms with Crippen LogP contribution in [0.2, 0.25) is 0 Å². The van der Waals surface area contributed by atoms with Crippen molar-refractivity contribution in [2.45, 2.75) is 6.42 Å². The number of hydrogen-bond acceptors (Lipinski definition) is 5. The summed E-state index contributed by atoms with van der Waals surface area (Å²) in [7, 11) is 1.77. The number of furan rings is 1. The number of aromatic nitrogens is 3. The number of aromatic amines is 1. The molecule has 0 unspecified atom stereocenters. The summed E-state index contributed by atoms with van der Waals surface area (Å²) < 4.78 is 5.20. The van der Waals surface area contributed by atoms with Crippen molar-refractivity contribution in [1.29, 1.82) is 0 Å². The summed E-state index contributed by atoms with van der Waals surface area (Å²) in [6.07, 6.45) is 2.49. The van der Waals surface area contributed by atoms with Crippen molar-refractivity contribution >= 4 is 11.9 Å². The van der Waals surface area contributed by atoms with E-state index in [1.807, 2.05) is 12.1 Å². The molecule has 2 heterocycles. The van der Waals surface area contributed by atoms with Gasteiger partial charge in [0, 0.05) is 20.0 Å². The lowest BCUT2D eigenvalue weighted by Crippen LogP contribution is -2.05. The first-order valence-corrected chi connectivity index (χ1v) is 4.75. The Morgan fingerprint density at radius 2 is 2.47 bits per heavy atom. The van der Waals surface area contributed by atoms with Crippen LogP contribution < -0.4 is 10.6 Å². The molecule has 0 fully saturated rings. The molecular formula is C9H13N5O. The smallest absolute Gasteiger partial charge is 0.243 e. The second-order valence-electron chi connectivity index (χ2n) is 3.01. The van der Waals surface area contributed by atoms with E-state index in [1.165, 1.54) is 0 Å². The van der Waals surface area contributed by atoms with Gasteiger partial charge in [0.15, 0.2) is 0 Å². The van der Waals surface area contributed by atoms with Crippen molar-refractivity contribution in [1.82, 2.24) is 15.2 Å². The van der Waals surface area contributed by atoms with Gasteiger partial charge in [0.25, 0.3) is 0 Å². The van der Waals surface area contributed by atoms with Gasteiger partial charge >= 0.3 is 0 Å². The Labute approximate surface area is 87.1 Å². The van der Waals surface area contributed by atoms with Crippen LogP contribution in [0.15, 0.2) is 22.8 Å². The third kappa shape index (κ3) is 2.49. The first kappa shape index (κ1) is 9.57. The summed E-state index contributed by atoms with van der Waals surface area (Å²) in [5.41, 5.74) is 0. The van der Waals surface area contributed by atoms with Gasteiger partial charge in [-0.3, -0.25) is 0 Å². The Hall–Kier alpha value is -1.98. The van der Waals surface area contributed by atoms with Gasteiger partial charge in [0.1, 0.15) is 5.76 Å². The Morgan fingerprint density at radius 3 is 3.13 bits per heavy atom. The van der Waals surface area contributed by atoms with Crippen LogP contribution in [0.25, 0.3) is 0 Å². The molecule has 15 heavy (non-hydrogen) atoms. The highest BCUT2D eigenvalue weighted by atomic mass is 16.3. The van der Waals surface area contributed by atoms with E-state index in [9.17, 15) is 0 Å². The maximum atomic E-state index is 5.20. The third-order valence-electron chi connectivity index (χ3n) is 1.95. The number of nitrogens with one attached hydrogen (secondary N) is 3. The third-order valence-corrected chi connectivity index (χ3v) is 1.95. The molecule has 0 spiro atoms. The molecular weight excluding hydrogens is 194 g/mol. The van der Waals surface area contributed by atoms with Crippen LogP contribution in [-0.4, -0.2) is 28.8 Å². The van der Waals surface area contributed by atoms with Gasteiger partial charge in [-0.1, -0.05) is 0 Å². The fourth-order valence-electron chi connectivity index (χ4n) is 1.21. The lowest BCUT2D eigenvalue weighted by Gasteiger charge is -1.99. The van der Waals surface area contributed by atoms with Gasteiger partial charge in [-0.2, -0.15) is 4.98 Å². The normalized spacial score (nSPS) is 10.2. The summed E-state index contributed by atoms with van der Waals surface area (Å²) in [6, 6.07) is 3.82. The SMILES string of the molecule is CNc1n[nH]c(NCCc2ccco2)n1. The minimum atomic E-state index is 0.579. The van der Waals surface area contributed by atoms with E-state index < -0.39 is 0 Å². The van der Waals surface area contributed by atoms with Crippen LogP contribution in [0.4, 0.5) is 11.9 Å². The van der Waals surface area contributed by atoms with Crippen molar-refractivity contribution < 1.29 is 4.42 Å². The van der Waals surface area contributed by atoms with Gasteiger partial charge in [-0.25, -0.2) is 5.10 Å². The van der Waals surface area contributed by atoms with Crippen molar-refractivity contribution in [3.63, 3.8) is 0 Å². The lowest BCUT2D eigenvalue weighted by molar-refractivity contribution is 0.512. The van der Waals surface area contributed by atoms with Gasteiger partial charge in [0.05, 0.1) is 6.26 Å². The lowest BCUT2D eigenvalue weighted by atomic mass is 10.3. The molecule has 6 nitrogen and oxygen atoms in total. The number of nitrogens with zero attached hydrogens (tertiary/aromatic N) is 2. The topological polar surface area (TPSA) is 78.8 Å². The van der Waals surface area contributed by atoms with E-state index in [2.05, 4.69) is 25.8 Å². The summed E-state index contributed by atoms with van der Waals surface area (Å²) >= 11 is 0. The zero-order chi connectivity index (χ0) is 10.5. The molecule has 0 atom stereocenters. The van der Waals surface area contributed by atoms with Crippen LogP contribution in [0, 0.1) is 0 Å². The largest absolute Gasteiger partial charge is 0.469 e. The average molecular weight is 207 g/mol. The van der Waals surface area contributed by atoms with E-state index in [0.29, 0.717) is 11.9 Å². The fourth-order valence-corrected chi connectivity index (χ4v) is 1.21. The summed E-state index contributed by atoms with van der Waals surface area (Å²) in [6.45, 7) is 0.756. The molecule has 0 saturated carbocycles. The van der Waals surface area contributed by atoms with Crippen molar-refractivity contribution in [2.24, 2.45) is 0 Å². The molecule has 0 radical (unpaired) electrons. The number of rotatable bonds is 5. The summed E-state index contributed by atoms with van der Waals surface area (Å²) in [4.78, 5) is 4.13. The molecule has 2 rings (SSSR count). The Morgan fingerprint density at radius 1 is 1.53 bits per heavy atom. The Bertz CT molecular complexity index is 394. The van der Waals surface area contributed by atoms with E-state index in [-0.39, 0.29) is 0 Å². The van der Waals surface area contributed by atoms with Gasteiger partial charge in [0.2, 0.25) is 11.9 Å². The van der Waals surface area contributed by atoms with Crippen molar-refractivity contribution in [3.05, 3.63) is 24.2 Å². The quantitative estimate of drug-likeness (QED) is 0.684. The number of hydrogen-bond donors (Lipinski definition) is 3. The van der Waals surface area contributed by atoms with E-state index in [1.54, 1.807) is 13.3 Å². The molecule has 0 aliphatic carbocycles.